The molecular weight excluding hydrogens is 206 g/mol. The van der Waals surface area contributed by atoms with Gasteiger partial charge in [0, 0.05) is 13.0 Å². The van der Waals surface area contributed by atoms with E-state index in [1.54, 1.807) is 13.8 Å². The van der Waals surface area contributed by atoms with Crippen molar-refractivity contribution >= 4 is 5.97 Å². The largest absolute Gasteiger partial charge is 0.465 e. The van der Waals surface area contributed by atoms with Gasteiger partial charge >= 0.3 is 5.97 Å². The highest BCUT2D eigenvalue weighted by atomic mass is 16.5. The molecule has 16 heavy (non-hydrogen) atoms. The standard InChI is InChI=1S/C12H23NO3/c1-4-15-11(14)12(3,13)7-9(2)16-8-10-5-6-10/h9-10H,4-8,13H2,1-3H3. The molecule has 4 nitrogen and oxygen atoms in total. The molecule has 0 radical (unpaired) electrons. The van der Waals surface area contributed by atoms with Gasteiger partial charge in [-0.1, -0.05) is 0 Å². The quantitative estimate of drug-likeness (QED) is 0.672. The van der Waals surface area contributed by atoms with Crippen LogP contribution in [0.5, 0.6) is 0 Å². The smallest absolute Gasteiger partial charge is 0.325 e. The zero-order valence-electron chi connectivity index (χ0n) is 10.5. The Bertz CT molecular complexity index is 236. The molecule has 0 heterocycles. The molecule has 1 aliphatic rings. The van der Waals surface area contributed by atoms with Crippen molar-refractivity contribution in [3.8, 4) is 0 Å². The molecule has 1 rings (SSSR count). The van der Waals surface area contributed by atoms with Gasteiger partial charge in [-0.3, -0.25) is 4.79 Å². The third-order valence-electron chi connectivity index (χ3n) is 2.77. The minimum Gasteiger partial charge on any atom is -0.465 e. The number of carbonyl (C=O) groups excluding carboxylic acids is 1. The van der Waals surface area contributed by atoms with E-state index >= 15 is 0 Å². The van der Waals surface area contributed by atoms with Crippen LogP contribution in [0.2, 0.25) is 0 Å². The first kappa shape index (κ1) is 13.5. The summed E-state index contributed by atoms with van der Waals surface area (Å²) in [5, 5.41) is 0. The van der Waals surface area contributed by atoms with Gasteiger partial charge in [-0.05, 0) is 39.5 Å². The Balaban J connectivity index is 2.28. The third-order valence-corrected chi connectivity index (χ3v) is 2.77. The number of hydrogen-bond acceptors (Lipinski definition) is 4. The molecule has 0 aromatic heterocycles. The first-order chi connectivity index (χ1) is 7.45. The van der Waals surface area contributed by atoms with Gasteiger partial charge < -0.3 is 15.2 Å². The zero-order valence-corrected chi connectivity index (χ0v) is 10.5. The Labute approximate surface area is 97.5 Å². The van der Waals surface area contributed by atoms with Gasteiger partial charge in [0.05, 0.1) is 12.7 Å². The van der Waals surface area contributed by atoms with Gasteiger partial charge in [-0.15, -0.1) is 0 Å². The summed E-state index contributed by atoms with van der Waals surface area (Å²) in [5.74, 6) is 0.381. The number of hydrogen-bond donors (Lipinski definition) is 1. The van der Waals surface area contributed by atoms with Crippen LogP contribution in [0.1, 0.15) is 40.0 Å². The van der Waals surface area contributed by atoms with Crippen molar-refractivity contribution in [2.75, 3.05) is 13.2 Å². The molecule has 0 aliphatic heterocycles. The van der Waals surface area contributed by atoms with E-state index in [4.69, 9.17) is 15.2 Å². The van der Waals surface area contributed by atoms with Crippen LogP contribution in [-0.4, -0.2) is 30.8 Å². The number of ether oxygens (including phenoxy) is 2. The zero-order chi connectivity index (χ0) is 12.2. The van der Waals surface area contributed by atoms with Crippen molar-refractivity contribution in [2.24, 2.45) is 11.7 Å². The minimum atomic E-state index is -0.945. The van der Waals surface area contributed by atoms with Crippen molar-refractivity contribution in [1.29, 1.82) is 0 Å². The average Bonchev–Trinajstić information content (AvgIpc) is 2.98. The molecule has 4 heteroatoms. The Kier molecular flexibility index (Phi) is 4.74. The SMILES string of the molecule is CCOC(=O)C(C)(N)CC(C)OCC1CC1. The summed E-state index contributed by atoms with van der Waals surface area (Å²) in [6, 6.07) is 0. The van der Waals surface area contributed by atoms with Crippen molar-refractivity contribution in [3.63, 3.8) is 0 Å². The maximum absolute atomic E-state index is 11.5. The summed E-state index contributed by atoms with van der Waals surface area (Å²) < 4.78 is 10.6. The van der Waals surface area contributed by atoms with Crippen molar-refractivity contribution < 1.29 is 14.3 Å². The van der Waals surface area contributed by atoms with E-state index in [2.05, 4.69) is 0 Å². The fraction of sp³-hybridized carbons (Fsp3) is 0.917. The Morgan fingerprint density at radius 2 is 2.19 bits per heavy atom. The van der Waals surface area contributed by atoms with Crippen molar-refractivity contribution in [1.82, 2.24) is 0 Å². The molecular formula is C12H23NO3. The summed E-state index contributed by atoms with van der Waals surface area (Å²) in [6.45, 7) is 6.58. The van der Waals surface area contributed by atoms with Crippen LogP contribution in [0.15, 0.2) is 0 Å². The molecule has 2 atom stereocenters. The van der Waals surface area contributed by atoms with Gasteiger partial charge in [0.1, 0.15) is 5.54 Å². The van der Waals surface area contributed by atoms with E-state index in [9.17, 15) is 4.79 Å². The molecule has 1 fully saturated rings. The van der Waals surface area contributed by atoms with Gasteiger partial charge in [-0.25, -0.2) is 0 Å². The molecule has 2 unspecified atom stereocenters. The number of rotatable bonds is 7. The molecule has 0 aromatic carbocycles. The fourth-order valence-corrected chi connectivity index (χ4v) is 1.62. The van der Waals surface area contributed by atoms with E-state index < -0.39 is 5.54 Å². The Morgan fingerprint density at radius 3 is 2.69 bits per heavy atom. The van der Waals surface area contributed by atoms with Crippen LogP contribution in [0, 0.1) is 5.92 Å². The highest BCUT2D eigenvalue weighted by Crippen LogP contribution is 2.29. The van der Waals surface area contributed by atoms with E-state index in [0.717, 1.165) is 12.5 Å². The van der Waals surface area contributed by atoms with Gasteiger partial charge in [0.15, 0.2) is 0 Å². The van der Waals surface area contributed by atoms with Gasteiger partial charge in [-0.2, -0.15) is 0 Å². The summed E-state index contributed by atoms with van der Waals surface area (Å²) in [6.07, 6.45) is 3.04. The lowest BCUT2D eigenvalue weighted by Crippen LogP contribution is -2.48. The molecule has 0 aromatic rings. The maximum atomic E-state index is 11.5. The predicted octanol–water partition coefficient (Wildman–Crippen LogP) is 1.47. The monoisotopic (exact) mass is 229 g/mol. The average molecular weight is 229 g/mol. The molecule has 1 saturated carbocycles. The Morgan fingerprint density at radius 1 is 1.56 bits per heavy atom. The van der Waals surface area contributed by atoms with Crippen LogP contribution in [0.25, 0.3) is 0 Å². The second kappa shape index (κ2) is 5.64. The molecule has 2 N–H and O–H groups in total. The number of esters is 1. The summed E-state index contributed by atoms with van der Waals surface area (Å²) in [5.41, 5.74) is 4.97. The maximum Gasteiger partial charge on any atom is 0.325 e. The van der Waals surface area contributed by atoms with E-state index in [1.165, 1.54) is 12.8 Å². The van der Waals surface area contributed by atoms with Crippen LogP contribution in [0.3, 0.4) is 0 Å². The summed E-state index contributed by atoms with van der Waals surface area (Å²) in [4.78, 5) is 11.5. The third kappa shape index (κ3) is 4.49. The van der Waals surface area contributed by atoms with E-state index in [1.807, 2.05) is 6.92 Å². The second-order valence-corrected chi connectivity index (χ2v) is 4.93. The summed E-state index contributed by atoms with van der Waals surface area (Å²) >= 11 is 0. The molecule has 94 valence electrons. The summed E-state index contributed by atoms with van der Waals surface area (Å²) in [7, 11) is 0. The van der Waals surface area contributed by atoms with E-state index in [0.29, 0.717) is 13.0 Å². The highest BCUT2D eigenvalue weighted by Gasteiger charge is 2.32. The van der Waals surface area contributed by atoms with E-state index in [-0.39, 0.29) is 12.1 Å². The second-order valence-electron chi connectivity index (χ2n) is 4.93. The molecule has 0 spiro atoms. The Hall–Kier alpha value is -0.610. The predicted molar refractivity (Wildman–Crippen MR) is 62.0 cm³/mol. The molecule has 1 aliphatic carbocycles. The van der Waals surface area contributed by atoms with Gasteiger partial charge in [0.25, 0.3) is 0 Å². The van der Waals surface area contributed by atoms with Crippen LogP contribution < -0.4 is 5.73 Å². The number of carbonyl (C=O) groups is 1. The van der Waals surface area contributed by atoms with Gasteiger partial charge in [0.2, 0.25) is 0 Å². The van der Waals surface area contributed by atoms with Crippen LogP contribution in [-0.2, 0) is 14.3 Å². The van der Waals surface area contributed by atoms with Crippen molar-refractivity contribution in [2.45, 2.75) is 51.7 Å². The van der Waals surface area contributed by atoms with Crippen LogP contribution in [0.4, 0.5) is 0 Å². The normalized spacial score (nSPS) is 21.2. The fourth-order valence-electron chi connectivity index (χ4n) is 1.62. The minimum absolute atomic E-state index is 0.00000567. The van der Waals surface area contributed by atoms with Crippen LogP contribution >= 0.6 is 0 Å². The lowest BCUT2D eigenvalue weighted by atomic mass is 9.96. The first-order valence-electron chi connectivity index (χ1n) is 6.03. The lowest BCUT2D eigenvalue weighted by Gasteiger charge is -2.25. The highest BCUT2D eigenvalue weighted by molar-refractivity contribution is 5.80. The topological polar surface area (TPSA) is 61.5 Å². The molecule has 0 amide bonds. The van der Waals surface area contributed by atoms with Crippen molar-refractivity contribution in [3.05, 3.63) is 0 Å². The first-order valence-corrected chi connectivity index (χ1v) is 6.03. The molecule has 0 saturated heterocycles. The number of nitrogens with two attached hydrogens (primary N) is 1. The molecule has 0 bridgehead atoms. The lowest BCUT2D eigenvalue weighted by molar-refractivity contribution is -0.150.